The van der Waals surface area contributed by atoms with Gasteiger partial charge >= 0.3 is 0 Å². The Balaban J connectivity index is 1.55. The molecule has 0 amide bonds. The van der Waals surface area contributed by atoms with Crippen molar-refractivity contribution in [3.05, 3.63) is 24.0 Å². The summed E-state index contributed by atoms with van der Waals surface area (Å²) in [6, 6.07) is 3.52. The molecule has 1 aromatic rings. The Kier molecular flexibility index (Phi) is 4.76. The van der Waals surface area contributed by atoms with Crippen molar-refractivity contribution >= 4 is 0 Å². The fraction of sp³-hybridized carbons (Fsp3) is 0.615. The maximum absolute atomic E-state index is 9.10. The molecule has 2 rings (SSSR count). The molecular formula is C13H21N3O. The molecule has 0 aromatic carbocycles. The second kappa shape index (κ2) is 6.57. The summed E-state index contributed by atoms with van der Waals surface area (Å²) in [6.45, 7) is 5.56. The van der Waals surface area contributed by atoms with Crippen molar-refractivity contribution in [1.82, 2.24) is 15.2 Å². The zero-order valence-corrected chi connectivity index (χ0v) is 10.2. The van der Waals surface area contributed by atoms with Crippen LogP contribution in [0.15, 0.2) is 18.3 Å². The molecule has 0 bridgehead atoms. The first kappa shape index (κ1) is 12.3. The van der Waals surface area contributed by atoms with Gasteiger partial charge in [0.25, 0.3) is 0 Å². The third kappa shape index (κ3) is 4.32. The van der Waals surface area contributed by atoms with Crippen molar-refractivity contribution in [3.63, 3.8) is 0 Å². The van der Waals surface area contributed by atoms with E-state index in [4.69, 9.17) is 5.11 Å². The smallest absolute Gasteiger partial charge is 0.133 e. The number of hydrogen-bond donors (Lipinski definition) is 2. The van der Waals surface area contributed by atoms with Crippen molar-refractivity contribution in [3.8, 4) is 5.75 Å². The van der Waals surface area contributed by atoms with Gasteiger partial charge in [-0.25, -0.2) is 0 Å². The monoisotopic (exact) mass is 235 g/mol. The molecular weight excluding hydrogens is 214 g/mol. The van der Waals surface area contributed by atoms with Gasteiger partial charge in [-0.1, -0.05) is 0 Å². The average molecular weight is 235 g/mol. The Hall–Kier alpha value is -1.13. The van der Waals surface area contributed by atoms with E-state index in [2.05, 4.69) is 15.2 Å². The molecule has 0 atom stereocenters. The third-order valence-electron chi connectivity index (χ3n) is 3.14. The van der Waals surface area contributed by atoms with Crippen LogP contribution < -0.4 is 5.32 Å². The highest BCUT2D eigenvalue weighted by molar-refractivity contribution is 5.17. The topological polar surface area (TPSA) is 48.4 Å². The van der Waals surface area contributed by atoms with Crippen molar-refractivity contribution in [2.24, 2.45) is 0 Å². The van der Waals surface area contributed by atoms with E-state index in [9.17, 15) is 0 Å². The Labute approximate surface area is 103 Å². The van der Waals surface area contributed by atoms with Crippen LogP contribution in [0.25, 0.3) is 0 Å². The van der Waals surface area contributed by atoms with E-state index in [0.29, 0.717) is 0 Å². The van der Waals surface area contributed by atoms with Gasteiger partial charge in [0.15, 0.2) is 0 Å². The summed E-state index contributed by atoms with van der Waals surface area (Å²) in [5, 5.41) is 12.5. The van der Waals surface area contributed by atoms with Crippen molar-refractivity contribution in [2.45, 2.75) is 25.8 Å². The number of aromatic nitrogens is 1. The molecule has 1 aliphatic heterocycles. The minimum Gasteiger partial charge on any atom is -0.506 e. The Morgan fingerprint density at radius 2 is 2.12 bits per heavy atom. The first-order chi connectivity index (χ1) is 8.34. The summed E-state index contributed by atoms with van der Waals surface area (Å²) in [5.74, 6) is 0.225. The van der Waals surface area contributed by atoms with Crippen LogP contribution in [0.1, 0.15) is 25.0 Å². The first-order valence-corrected chi connectivity index (χ1v) is 6.41. The van der Waals surface area contributed by atoms with E-state index < -0.39 is 0 Å². The predicted molar refractivity (Wildman–Crippen MR) is 67.9 cm³/mol. The molecule has 0 radical (unpaired) electrons. The van der Waals surface area contributed by atoms with Crippen molar-refractivity contribution in [2.75, 3.05) is 26.2 Å². The SMILES string of the molecule is Oc1ccc(CNCCCN2CCCC2)nc1. The molecule has 0 aliphatic carbocycles. The number of hydrogen-bond acceptors (Lipinski definition) is 4. The van der Waals surface area contributed by atoms with Crippen LogP contribution in [0.2, 0.25) is 0 Å². The van der Waals surface area contributed by atoms with E-state index in [1.165, 1.54) is 45.1 Å². The van der Waals surface area contributed by atoms with E-state index >= 15 is 0 Å². The molecule has 1 saturated heterocycles. The lowest BCUT2D eigenvalue weighted by Crippen LogP contribution is -2.24. The molecule has 2 N–H and O–H groups in total. The van der Waals surface area contributed by atoms with Crippen molar-refractivity contribution in [1.29, 1.82) is 0 Å². The van der Waals surface area contributed by atoms with Crippen LogP contribution in [0, 0.1) is 0 Å². The quantitative estimate of drug-likeness (QED) is 0.731. The summed E-state index contributed by atoms with van der Waals surface area (Å²) in [5.41, 5.74) is 0.976. The second-order valence-corrected chi connectivity index (χ2v) is 4.59. The molecule has 17 heavy (non-hydrogen) atoms. The normalized spacial score (nSPS) is 16.5. The fourth-order valence-corrected chi connectivity index (χ4v) is 2.17. The minimum atomic E-state index is 0.225. The molecule has 94 valence electrons. The highest BCUT2D eigenvalue weighted by Crippen LogP contribution is 2.07. The van der Waals surface area contributed by atoms with E-state index in [1.54, 1.807) is 6.07 Å². The van der Waals surface area contributed by atoms with E-state index in [0.717, 1.165) is 18.8 Å². The molecule has 1 aromatic heterocycles. The maximum Gasteiger partial charge on any atom is 0.133 e. The third-order valence-corrected chi connectivity index (χ3v) is 3.14. The van der Waals surface area contributed by atoms with Crippen LogP contribution in [-0.2, 0) is 6.54 Å². The maximum atomic E-state index is 9.10. The molecule has 0 unspecified atom stereocenters. The zero-order valence-electron chi connectivity index (χ0n) is 10.2. The predicted octanol–water partition coefficient (Wildman–Crippen LogP) is 1.36. The largest absolute Gasteiger partial charge is 0.506 e. The summed E-state index contributed by atoms with van der Waals surface area (Å²) in [6.07, 6.45) is 5.41. The number of nitrogens with one attached hydrogen (secondary N) is 1. The van der Waals surface area contributed by atoms with Gasteiger partial charge in [0, 0.05) is 6.54 Å². The molecule has 1 aliphatic rings. The molecule has 4 nitrogen and oxygen atoms in total. The Morgan fingerprint density at radius 3 is 2.82 bits per heavy atom. The number of aromatic hydroxyl groups is 1. The van der Waals surface area contributed by atoms with Crippen molar-refractivity contribution < 1.29 is 5.11 Å². The van der Waals surface area contributed by atoms with Crippen LogP contribution >= 0.6 is 0 Å². The lowest BCUT2D eigenvalue weighted by molar-refractivity contribution is 0.331. The standard InChI is InChI=1S/C13H21N3O/c17-13-5-4-12(15-11-13)10-14-6-3-9-16-7-1-2-8-16/h4-5,11,14,17H,1-3,6-10H2. The van der Waals surface area contributed by atoms with E-state index in [1.807, 2.05) is 6.07 Å². The summed E-state index contributed by atoms with van der Waals surface area (Å²) in [4.78, 5) is 6.66. The van der Waals surface area contributed by atoms with Crippen LogP contribution in [0.3, 0.4) is 0 Å². The van der Waals surface area contributed by atoms with Crippen LogP contribution in [0.5, 0.6) is 5.75 Å². The fourth-order valence-electron chi connectivity index (χ4n) is 2.17. The Morgan fingerprint density at radius 1 is 1.29 bits per heavy atom. The number of likely N-dealkylation sites (tertiary alicyclic amines) is 1. The Bertz CT molecular complexity index is 320. The van der Waals surface area contributed by atoms with Gasteiger partial charge in [-0.15, -0.1) is 0 Å². The molecule has 0 saturated carbocycles. The zero-order chi connectivity index (χ0) is 11.9. The van der Waals surface area contributed by atoms with Gasteiger partial charge in [-0.05, 0) is 57.6 Å². The molecule has 1 fully saturated rings. The van der Waals surface area contributed by atoms with Crippen LogP contribution in [0.4, 0.5) is 0 Å². The lowest BCUT2D eigenvalue weighted by atomic mass is 10.3. The van der Waals surface area contributed by atoms with Gasteiger partial charge in [-0.3, -0.25) is 4.98 Å². The van der Waals surface area contributed by atoms with E-state index in [-0.39, 0.29) is 5.75 Å². The number of rotatable bonds is 6. The van der Waals surface area contributed by atoms with Gasteiger partial charge < -0.3 is 15.3 Å². The minimum absolute atomic E-state index is 0.225. The summed E-state index contributed by atoms with van der Waals surface area (Å²) in [7, 11) is 0. The highest BCUT2D eigenvalue weighted by Gasteiger charge is 2.09. The summed E-state index contributed by atoms with van der Waals surface area (Å²) < 4.78 is 0. The molecule has 4 heteroatoms. The lowest BCUT2D eigenvalue weighted by Gasteiger charge is -2.14. The highest BCUT2D eigenvalue weighted by atomic mass is 16.3. The number of pyridine rings is 1. The molecule has 2 heterocycles. The van der Waals surface area contributed by atoms with Gasteiger partial charge in [0.2, 0.25) is 0 Å². The second-order valence-electron chi connectivity index (χ2n) is 4.59. The van der Waals surface area contributed by atoms with Gasteiger partial charge in [0.05, 0.1) is 11.9 Å². The molecule has 0 spiro atoms. The number of nitrogens with zero attached hydrogens (tertiary/aromatic N) is 2. The van der Waals surface area contributed by atoms with Gasteiger partial charge in [0.1, 0.15) is 5.75 Å². The van der Waals surface area contributed by atoms with Gasteiger partial charge in [-0.2, -0.15) is 0 Å². The summed E-state index contributed by atoms with van der Waals surface area (Å²) >= 11 is 0. The van der Waals surface area contributed by atoms with Crippen LogP contribution in [-0.4, -0.2) is 41.2 Å². The average Bonchev–Trinajstić information content (AvgIpc) is 2.84. The first-order valence-electron chi connectivity index (χ1n) is 6.41.